The molecule has 1 unspecified atom stereocenters. The minimum atomic E-state index is -0.418. The number of likely N-dealkylation sites (N-methyl/N-ethyl adjacent to an activating group) is 2. The van der Waals surface area contributed by atoms with Crippen molar-refractivity contribution in [1.82, 2.24) is 30.4 Å². The largest absolute Gasteiger partial charge is 0.379 e. The summed E-state index contributed by atoms with van der Waals surface area (Å²) in [5.41, 5.74) is 5.88. The van der Waals surface area contributed by atoms with E-state index in [9.17, 15) is 14.4 Å². The number of hydrogen-bond donors (Lipinski definition) is 3. The van der Waals surface area contributed by atoms with E-state index in [0.29, 0.717) is 64.9 Å². The molecule has 38 heavy (non-hydrogen) atoms. The van der Waals surface area contributed by atoms with Gasteiger partial charge in [-0.15, -0.1) is 11.3 Å². The fourth-order valence-corrected chi connectivity index (χ4v) is 6.27. The number of benzene rings is 1. The Morgan fingerprint density at radius 2 is 1.97 bits per heavy atom. The minimum absolute atomic E-state index is 0.0231. The summed E-state index contributed by atoms with van der Waals surface area (Å²) in [5, 5.41) is 12.1. The summed E-state index contributed by atoms with van der Waals surface area (Å²) in [4.78, 5) is 44.9. The van der Waals surface area contributed by atoms with Crippen LogP contribution in [-0.2, 0) is 4.74 Å². The van der Waals surface area contributed by atoms with Gasteiger partial charge < -0.3 is 19.9 Å². The number of urea groups is 1. The number of anilines is 1. The first kappa shape index (κ1) is 24.7. The molecule has 1 aromatic carbocycles. The second kappa shape index (κ2) is 9.95. The zero-order valence-electron chi connectivity index (χ0n) is 21.2. The summed E-state index contributed by atoms with van der Waals surface area (Å²) in [6, 6.07) is 8.76. The van der Waals surface area contributed by atoms with Crippen molar-refractivity contribution in [1.29, 1.82) is 0 Å². The zero-order valence-corrected chi connectivity index (χ0v) is 22.1. The van der Waals surface area contributed by atoms with Crippen molar-refractivity contribution in [3.63, 3.8) is 0 Å². The first-order valence-electron chi connectivity index (χ1n) is 12.6. The second-order valence-corrected chi connectivity index (χ2v) is 10.9. The molecular weight excluding hydrogens is 506 g/mol. The number of thiophene rings is 1. The van der Waals surface area contributed by atoms with Crippen molar-refractivity contribution >= 4 is 34.7 Å². The van der Waals surface area contributed by atoms with Gasteiger partial charge in [0.05, 0.1) is 45.5 Å². The number of H-pyrrole nitrogens is 1. The number of aromatic amines is 1. The van der Waals surface area contributed by atoms with Crippen LogP contribution in [0.3, 0.4) is 0 Å². The van der Waals surface area contributed by atoms with E-state index in [2.05, 4.69) is 32.9 Å². The van der Waals surface area contributed by atoms with E-state index in [1.54, 1.807) is 23.2 Å². The summed E-state index contributed by atoms with van der Waals surface area (Å²) in [6.45, 7) is 4.13. The predicted molar refractivity (Wildman–Crippen MR) is 143 cm³/mol. The molecule has 0 radical (unpaired) electrons. The number of nitrogens with one attached hydrogen (secondary N) is 3. The molecule has 1 atom stereocenters. The van der Waals surface area contributed by atoms with Crippen LogP contribution in [0.15, 0.2) is 30.3 Å². The third kappa shape index (κ3) is 4.39. The van der Waals surface area contributed by atoms with Gasteiger partial charge in [-0.25, -0.2) is 9.80 Å². The number of nitrogens with zero attached hydrogens (tertiary/aromatic N) is 4. The van der Waals surface area contributed by atoms with Gasteiger partial charge in [0, 0.05) is 38.3 Å². The van der Waals surface area contributed by atoms with Crippen LogP contribution in [0.4, 0.5) is 10.5 Å². The lowest BCUT2D eigenvalue weighted by atomic mass is 10.1. The van der Waals surface area contributed by atoms with Gasteiger partial charge in [0.2, 0.25) is 0 Å². The molecule has 198 valence electrons. The molecule has 3 aliphatic rings. The highest BCUT2D eigenvalue weighted by Crippen LogP contribution is 2.44. The molecule has 11 nitrogen and oxygen atoms in total. The molecule has 0 bridgehead atoms. The molecule has 2 fully saturated rings. The maximum Gasteiger partial charge on any atom is 0.333 e. The van der Waals surface area contributed by atoms with Crippen molar-refractivity contribution in [2.24, 2.45) is 0 Å². The standard InChI is InChI=1S/C26H29N7O4S/c1-31-9-8-15(14-31)32(2)25(35)19-7-6-18(38-19)23-21-22(28-29-23)16-4-3-5-17(20(16)24(21)34)27-26(36)30-33-10-12-37-13-11-33/h3-7,15H,8-14H2,1-2H3,(H,28,29)(H2,27,30,36). The molecule has 3 aromatic rings. The van der Waals surface area contributed by atoms with Crippen LogP contribution < -0.4 is 10.7 Å². The summed E-state index contributed by atoms with van der Waals surface area (Å²) in [5.74, 6) is -0.238. The summed E-state index contributed by atoms with van der Waals surface area (Å²) < 4.78 is 5.31. The molecule has 0 spiro atoms. The van der Waals surface area contributed by atoms with Crippen LogP contribution in [0.1, 0.15) is 32.0 Å². The Hall–Kier alpha value is -3.58. The molecule has 2 aliphatic heterocycles. The summed E-state index contributed by atoms with van der Waals surface area (Å²) in [6.07, 6.45) is 0.957. The number of ketones is 1. The summed E-state index contributed by atoms with van der Waals surface area (Å²) >= 11 is 1.34. The number of carbonyl (C=O) groups excluding carboxylic acids is 3. The van der Waals surface area contributed by atoms with Crippen molar-refractivity contribution in [2.75, 3.05) is 58.8 Å². The molecule has 3 N–H and O–H groups in total. The van der Waals surface area contributed by atoms with Crippen molar-refractivity contribution < 1.29 is 19.1 Å². The Morgan fingerprint density at radius 3 is 2.74 bits per heavy atom. The molecule has 0 saturated carbocycles. The average Bonchev–Trinajstić information content (AvgIpc) is 3.70. The number of ether oxygens (including phenoxy) is 1. The lowest BCUT2D eigenvalue weighted by Crippen LogP contribution is -2.49. The van der Waals surface area contributed by atoms with E-state index in [4.69, 9.17) is 4.74 Å². The second-order valence-electron chi connectivity index (χ2n) is 9.83. The number of carbonyl (C=O) groups is 3. The first-order valence-corrected chi connectivity index (χ1v) is 13.4. The predicted octanol–water partition coefficient (Wildman–Crippen LogP) is 2.49. The Morgan fingerprint density at radius 1 is 1.16 bits per heavy atom. The van der Waals surface area contributed by atoms with E-state index >= 15 is 0 Å². The van der Waals surface area contributed by atoms with E-state index < -0.39 is 6.03 Å². The third-order valence-corrected chi connectivity index (χ3v) is 8.45. The Balaban J connectivity index is 1.22. The molecule has 2 saturated heterocycles. The highest BCUT2D eigenvalue weighted by Gasteiger charge is 2.36. The van der Waals surface area contributed by atoms with E-state index in [1.165, 1.54) is 11.3 Å². The van der Waals surface area contributed by atoms with Crippen molar-refractivity contribution in [2.45, 2.75) is 12.5 Å². The normalized spacial score (nSPS) is 19.3. The van der Waals surface area contributed by atoms with Gasteiger partial charge in [-0.1, -0.05) is 12.1 Å². The highest BCUT2D eigenvalue weighted by atomic mass is 32.1. The van der Waals surface area contributed by atoms with E-state index in [-0.39, 0.29) is 17.7 Å². The van der Waals surface area contributed by atoms with E-state index in [0.717, 1.165) is 24.4 Å². The number of morpholine rings is 1. The van der Waals surface area contributed by atoms with Gasteiger partial charge >= 0.3 is 6.03 Å². The fourth-order valence-electron chi connectivity index (χ4n) is 5.28. The van der Waals surface area contributed by atoms with Gasteiger partial charge in [-0.2, -0.15) is 5.10 Å². The van der Waals surface area contributed by atoms with Crippen LogP contribution in [0.2, 0.25) is 0 Å². The van der Waals surface area contributed by atoms with Crippen LogP contribution in [0.25, 0.3) is 21.8 Å². The third-order valence-electron chi connectivity index (χ3n) is 7.36. The maximum atomic E-state index is 13.7. The van der Waals surface area contributed by atoms with E-state index in [1.807, 2.05) is 24.1 Å². The number of rotatable bonds is 5. The van der Waals surface area contributed by atoms with Gasteiger partial charge in [0.1, 0.15) is 5.69 Å². The topological polar surface area (TPSA) is 123 Å². The highest BCUT2D eigenvalue weighted by molar-refractivity contribution is 7.17. The van der Waals surface area contributed by atoms with Crippen molar-refractivity contribution in [3.05, 3.63) is 46.3 Å². The van der Waals surface area contributed by atoms with Gasteiger partial charge in [0.25, 0.3) is 5.91 Å². The Labute approximate surface area is 223 Å². The molecular formula is C26H29N7O4S. The van der Waals surface area contributed by atoms with Gasteiger partial charge in [0.15, 0.2) is 5.78 Å². The van der Waals surface area contributed by atoms with Crippen LogP contribution in [0, 0.1) is 0 Å². The molecule has 12 heteroatoms. The SMILES string of the molecule is CN1CCC(N(C)C(=O)c2ccc(-c3[nH]nc4c3C(=O)c3c(NC(=O)NN5CCOCC5)cccc3-4)s2)C1. The lowest BCUT2D eigenvalue weighted by molar-refractivity contribution is 0.0207. The van der Waals surface area contributed by atoms with Gasteiger partial charge in [-0.05, 0) is 38.2 Å². The molecule has 3 amide bonds. The Kier molecular flexibility index (Phi) is 6.48. The van der Waals surface area contributed by atoms with Crippen LogP contribution in [-0.4, -0.2) is 102 Å². The van der Waals surface area contributed by atoms with Crippen molar-refractivity contribution in [3.8, 4) is 21.8 Å². The molecule has 4 heterocycles. The molecule has 1 aliphatic carbocycles. The molecule has 6 rings (SSSR count). The zero-order chi connectivity index (χ0) is 26.4. The number of hydrogen-bond acceptors (Lipinski definition) is 8. The fraction of sp³-hybridized carbons (Fsp3) is 0.385. The lowest BCUT2D eigenvalue weighted by Gasteiger charge is -2.27. The minimum Gasteiger partial charge on any atom is -0.379 e. The van der Waals surface area contributed by atoms with Gasteiger partial charge in [-0.3, -0.25) is 20.1 Å². The Bertz CT molecular complexity index is 1410. The maximum absolute atomic E-state index is 13.7. The first-order chi connectivity index (χ1) is 18.4. The number of fused-ring (bicyclic) bond motifs is 3. The molecule has 2 aromatic heterocycles. The number of aromatic nitrogens is 2. The summed E-state index contributed by atoms with van der Waals surface area (Å²) in [7, 11) is 3.91. The van der Waals surface area contributed by atoms with Crippen LogP contribution in [0.5, 0.6) is 0 Å². The average molecular weight is 536 g/mol. The number of hydrazine groups is 1. The number of amides is 3. The quantitative estimate of drug-likeness (QED) is 0.359. The van der Waals surface area contributed by atoms with Crippen LogP contribution >= 0.6 is 11.3 Å². The number of likely N-dealkylation sites (tertiary alicyclic amines) is 1. The smallest absolute Gasteiger partial charge is 0.333 e. The monoisotopic (exact) mass is 535 g/mol.